The van der Waals surface area contributed by atoms with E-state index in [0.717, 1.165) is 21.3 Å². The maximum atomic E-state index is 11.2. The topological polar surface area (TPSA) is 121 Å². The molecule has 0 radical (unpaired) electrons. The Labute approximate surface area is 176 Å². The van der Waals surface area contributed by atoms with E-state index in [2.05, 4.69) is 5.32 Å². The second kappa shape index (κ2) is 8.23. The molecule has 1 aliphatic heterocycles. The molecule has 0 spiro atoms. The van der Waals surface area contributed by atoms with E-state index in [0.29, 0.717) is 44.2 Å². The molecule has 30 heavy (non-hydrogen) atoms. The first kappa shape index (κ1) is 20.0. The van der Waals surface area contributed by atoms with E-state index in [9.17, 15) is 20.0 Å². The standard InChI is InChI=1S/C20H21N5O4S/c1-12-11-30-18-16(12)17(21-10-13-3-2-4-15(9-13)25(28)29)22-20(23-18)24-7-5-14(6-8-24)19(26)27/h2-4,9,11,14H,5-8,10H2,1H3,(H,26,27)(H,21,22,23). The maximum absolute atomic E-state index is 11.2. The van der Waals surface area contributed by atoms with E-state index in [1.54, 1.807) is 12.1 Å². The summed E-state index contributed by atoms with van der Waals surface area (Å²) in [7, 11) is 0. The highest BCUT2D eigenvalue weighted by molar-refractivity contribution is 7.17. The number of nitrogens with one attached hydrogen (secondary N) is 1. The minimum absolute atomic E-state index is 0.0517. The number of rotatable bonds is 6. The van der Waals surface area contributed by atoms with Gasteiger partial charge >= 0.3 is 5.97 Å². The van der Waals surface area contributed by atoms with Crippen LogP contribution >= 0.6 is 11.3 Å². The second-order valence-corrected chi connectivity index (χ2v) is 8.21. The highest BCUT2D eigenvalue weighted by Gasteiger charge is 2.26. The Balaban J connectivity index is 1.59. The number of nitro groups is 1. The van der Waals surface area contributed by atoms with Crippen LogP contribution < -0.4 is 10.2 Å². The number of aliphatic carboxylic acids is 1. The SMILES string of the molecule is Cc1csc2nc(N3CCC(C(=O)O)CC3)nc(NCc3cccc([N+](=O)[O-])c3)c12. The Morgan fingerprint density at radius 2 is 2.13 bits per heavy atom. The molecule has 3 aromatic rings. The molecule has 0 unspecified atom stereocenters. The number of carbonyl (C=O) groups is 1. The largest absolute Gasteiger partial charge is 0.481 e. The first-order valence-corrected chi connectivity index (χ1v) is 10.5. The van der Waals surface area contributed by atoms with Crippen molar-refractivity contribution in [3.63, 3.8) is 0 Å². The van der Waals surface area contributed by atoms with Gasteiger partial charge in [-0.2, -0.15) is 4.98 Å². The summed E-state index contributed by atoms with van der Waals surface area (Å²) in [6, 6.07) is 6.51. The number of carboxylic acids is 1. The van der Waals surface area contributed by atoms with Crippen LogP contribution in [-0.2, 0) is 11.3 Å². The van der Waals surface area contributed by atoms with Gasteiger partial charge in [-0.15, -0.1) is 11.3 Å². The molecule has 1 saturated heterocycles. The van der Waals surface area contributed by atoms with Crippen LogP contribution in [0.5, 0.6) is 0 Å². The fourth-order valence-corrected chi connectivity index (χ4v) is 4.55. The van der Waals surface area contributed by atoms with Crippen molar-refractivity contribution in [3.8, 4) is 0 Å². The Bertz CT molecular complexity index is 1110. The molecule has 0 amide bonds. The van der Waals surface area contributed by atoms with Gasteiger partial charge in [0.25, 0.3) is 5.69 Å². The van der Waals surface area contributed by atoms with Gasteiger partial charge in [-0.25, -0.2) is 4.98 Å². The maximum Gasteiger partial charge on any atom is 0.306 e. The highest BCUT2D eigenvalue weighted by atomic mass is 32.1. The lowest BCUT2D eigenvalue weighted by molar-refractivity contribution is -0.384. The van der Waals surface area contributed by atoms with Gasteiger partial charge < -0.3 is 15.3 Å². The Morgan fingerprint density at radius 3 is 2.83 bits per heavy atom. The van der Waals surface area contributed by atoms with E-state index in [-0.39, 0.29) is 11.6 Å². The predicted molar refractivity (Wildman–Crippen MR) is 115 cm³/mol. The van der Waals surface area contributed by atoms with E-state index in [1.165, 1.54) is 17.4 Å². The number of carboxylic acid groups (broad SMARTS) is 1. The smallest absolute Gasteiger partial charge is 0.306 e. The van der Waals surface area contributed by atoms with Crippen LogP contribution in [0.4, 0.5) is 17.5 Å². The summed E-state index contributed by atoms with van der Waals surface area (Å²) >= 11 is 1.54. The van der Waals surface area contributed by atoms with Gasteiger partial charge in [0.1, 0.15) is 10.6 Å². The van der Waals surface area contributed by atoms with Crippen LogP contribution in [0.2, 0.25) is 0 Å². The number of benzene rings is 1. The molecule has 0 bridgehead atoms. The van der Waals surface area contributed by atoms with Crippen molar-refractivity contribution in [2.24, 2.45) is 5.92 Å². The molecule has 4 rings (SSSR count). The number of non-ortho nitro benzene ring substituents is 1. The molecular weight excluding hydrogens is 406 g/mol. The number of nitro benzene ring substituents is 1. The lowest BCUT2D eigenvalue weighted by Crippen LogP contribution is -2.37. The van der Waals surface area contributed by atoms with Gasteiger partial charge in [-0.1, -0.05) is 12.1 Å². The zero-order chi connectivity index (χ0) is 21.3. The predicted octanol–water partition coefficient (Wildman–Crippen LogP) is 3.82. The van der Waals surface area contributed by atoms with Gasteiger partial charge in [0.15, 0.2) is 0 Å². The summed E-state index contributed by atoms with van der Waals surface area (Å²) < 4.78 is 0. The summed E-state index contributed by atoms with van der Waals surface area (Å²) in [5.41, 5.74) is 1.90. The minimum Gasteiger partial charge on any atom is -0.481 e. The number of anilines is 2. The van der Waals surface area contributed by atoms with Crippen molar-refractivity contribution in [2.45, 2.75) is 26.3 Å². The zero-order valence-corrected chi connectivity index (χ0v) is 17.2. The van der Waals surface area contributed by atoms with Gasteiger partial charge in [-0.3, -0.25) is 14.9 Å². The summed E-state index contributed by atoms with van der Waals surface area (Å²) in [6.07, 6.45) is 1.13. The molecule has 1 aromatic carbocycles. The van der Waals surface area contributed by atoms with E-state index >= 15 is 0 Å². The molecule has 0 atom stereocenters. The molecule has 9 nitrogen and oxygen atoms in total. The fraction of sp³-hybridized carbons (Fsp3) is 0.350. The Hall–Kier alpha value is -3.27. The first-order valence-electron chi connectivity index (χ1n) is 9.63. The average molecular weight is 427 g/mol. The van der Waals surface area contributed by atoms with Crippen molar-refractivity contribution in [1.29, 1.82) is 0 Å². The number of hydrogen-bond acceptors (Lipinski definition) is 8. The van der Waals surface area contributed by atoms with Crippen LogP contribution in [0.1, 0.15) is 24.0 Å². The van der Waals surface area contributed by atoms with Crippen LogP contribution in [0.15, 0.2) is 29.6 Å². The molecular formula is C20H21N5O4S. The molecule has 1 fully saturated rings. The zero-order valence-electron chi connectivity index (χ0n) is 16.4. The molecule has 2 aromatic heterocycles. The molecule has 2 N–H and O–H groups in total. The lowest BCUT2D eigenvalue weighted by Gasteiger charge is -2.30. The molecule has 10 heteroatoms. The highest BCUT2D eigenvalue weighted by Crippen LogP contribution is 2.32. The van der Waals surface area contributed by atoms with Crippen LogP contribution in [0.25, 0.3) is 10.2 Å². The van der Waals surface area contributed by atoms with Crippen molar-refractivity contribution >= 4 is 45.0 Å². The average Bonchev–Trinajstić information content (AvgIpc) is 3.13. The molecule has 3 heterocycles. The Kier molecular flexibility index (Phi) is 5.49. The van der Waals surface area contributed by atoms with Gasteiger partial charge in [0, 0.05) is 31.8 Å². The fourth-order valence-electron chi connectivity index (χ4n) is 3.63. The van der Waals surface area contributed by atoms with Crippen LogP contribution in [0.3, 0.4) is 0 Å². The summed E-state index contributed by atoms with van der Waals surface area (Å²) in [6.45, 7) is 3.58. The van der Waals surface area contributed by atoms with Crippen molar-refractivity contribution < 1.29 is 14.8 Å². The lowest BCUT2D eigenvalue weighted by atomic mass is 9.97. The molecule has 1 aliphatic rings. The van der Waals surface area contributed by atoms with E-state index in [4.69, 9.17) is 9.97 Å². The number of nitrogens with zero attached hydrogens (tertiary/aromatic N) is 4. The Morgan fingerprint density at radius 1 is 1.37 bits per heavy atom. The quantitative estimate of drug-likeness (QED) is 0.450. The first-order chi connectivity index (χ1) is 14.4. The third-order valence-electron chi connectivity index (χ3n) is 5.31. The van der Waals surface area contributed by atoms with Crippen LogP contribution in [0, 0.1) is 23.0 Å². The number of thiophene rings is 1. The van der Waals surface area contributed by atoms with Crippen molar-refractivity contribution in [3.05, 3.63) is 50.9 Å². The van der Waals surface area contributed by atoms with Gasteiger partial charge in [0.2, 0.25) is 5.95 Å². The minimum atomic E-state index is -0.751. The number of hydrogen-bond donors (Lipinski definition) is 2. The number of aromatic nitrogens is 2. The molecule has 156 valence electrons. The van der Waals surface area contributed by atoms with Crippen molar-refractivity contribution in [1.82, 2.24) is 9.97 Å². The summed E-state index contributed by atoms with van der Waals surface area (Å²) in [4.78, 5) is 34.1. The molecule has 0 saturated carbocycles. The van der Waals surface area contributed by atoms with E-state index in [1.807, 2.05) is 23.3 Å². The number of fused-ring (bicyclic) bond motifs is 1. The second-order valence-electron chi connectivity index (χ2n) is 7.35. The number of piperidine rings is 1. The summed E-state index contributed by atoms with van der Waals surface area (Å²) in [5.74, 6) is 0.190. The monoisotopic (exact) mass is 427 g/mol. The molecule has 0 aliphatic carbocycles. The normalized spacial score (nSPS) is 14.8. The van der Waals surface area contributed by atoms with Crippen molar-refractivity contribution in [2.75, 3.05) is 23.3 Å². The number of aryl methyl sites for hydroxylation is 1. The third-order valence-corrected chi connectivity index (χ3v) is 6.30. The van der Waals surface area contributed by atoms with Gasteiger partial charge in [-0.05, 0) is 36.3 Å². The van der Waals surface area contributed by atoms with Crippen LogP contribution in [-0.4, -0.2) is 39.1 Å². The summed E-state index contributed by atoms with van der Waals surface area (Å²) in [5, 5.41) is 26.5. The third kappa shape index (κ3) is 4.04. The van der Waals surface area contributed by atoms with Gasteiger partial charge in [0.05, 0.1) is 16.2 Å². The van der Waals surface area contributed by atoms with E-state index < -0.39 is 10.9 Å².